The van der Waals surface area contributed by atoms with Gasteiger partial charge in [0.2, 0.25) is 0 Å². The van der Waals surface area contributed by atoms with Crippen molar-refractivity contribution in [3.63, 3.8) is 0 Å². The van der Waals surface area contributed by atoms with E-state index in [2.05, 4.69) is 32.6 Å². The second-order valence-electron chi connectivity index (χ2n) is 9.80. The average molecular weight is 447 g/mol. The molecule has 3 N–H and O–H groups in total. The molecule has 0 aromatic carbocycles. The van der Waals surface area contributed by atoms with Crippen LogP contribution in [0.4, 0.5) is 5.69 Å². The fourth-order valence-corrected chi connectivity index (χ4v) is 5.70. The molecule has 1 heterocycles. The van der Waals surface area contributed by atoms with Gasteiger partial charge in [-0.2, -0.15) is 0 Å². The number of amides is 1. The van der Waals surface area contributed by atoms with Gasteiger partial charge < -0.3 is 10.2 Å². The Bertz CT molecular complexity index is 833. The topological polar surface area (TPSA) is 79.0 Å². The molecule has 2 aliphatic rings. The summed E-state index contributed by atoms with van der Waals surface area (Å²) in [6.07, 6.45) is 7.09. The molecule has 1 unspecified atom stereocenters. The molecule has 0 radical (unpaired) electrons. The lowest BCUT2D eigenvalue weighted by Gasteiger charge is -2.34. The first-order chi connectivity index (χ1) is 14.8. The monoisotopic (exact) mass is 446 g/mol. The Balaban J connectivity index is 1.95. The van der Waals surface area contributed by atoms with Gasteiger partial charge in [-0.3, -0.25) is 0 Å². The minimum atomic E-state index is -0.990. The number of aliphatic hydroxyl groups excluding tert-OH is 1. The number of rotatable bonds is 5. The molecular weight excluding hydrogens is 410 g/mol. The molecule has 5 nitrogen and oxygen atoms in total. The summed E-state index contributed by atoms with van der Waals surface area (Å²) in [6.45, 7) is 6.44. The predicted molar refractivity (Wildman–Crippen MR) is 123 cm³/mol. The number of carboxylic acid groups (broad SMARTS) is 1. The first-order valence-corrected chi connectivity index (χ1v) is 12.5. The van der Waals surface area contributed by atoms with Crippen molar-refractivity contribution in [2.45, 2.75) is 90.7 Å². The number of carbonyl (C=O) groups excluding carboxylic acids is 1. The smallest absolute Gasteiger partial charge is 0.352 e. The van der Waals surface area contributed by atoms with E-state index in [1.165, 1.54) is 11.3 Å². The lowest BCUT2D eigenvalue weighted by atomic mass is 9.81. The third kappa shape index (κ3) is 6.19. The van der Waals surface area contributed by atoms with Gasteiger partial charge in [0.1, 0.15) is 0 Å². The molecule has 1 amide bonds. The highest BCUT2D eigenvalue weighted by Crippen LogP contribution is 2.31. The predicted octanol–water partition coefficient (Wildman–Crippen LogP) is 4.02. The fraction of sp³-hybridized carbons (Fsp3) is 0.680. The third-order valence-electron chi connectivity index (χ3n) is 6.70. The maximum absolute atomic E-state index is 13.7. The van der Waals surface area contributed by atoms with Crippen molar-refractivity contribution < 1.29 is 24.7 Å². The minimum Gasteiger partial charge on any atom is -0.477 e. The van der Waals surface area contributed by atoms with E-state index >= 15 is 0 Å². The van der Waals surface area contributed by atoms with Crippen molar-refractivity contribution in [1.82, 2.24) is 0 Å². The van der Waals surface area contributed by atoms with Crippen LogP contribution in [0.3, 0.4) is 0 Å². The van der Waals surface area contributed by atoms with Crippen LogP contribution < -0.4 is 4.90 Å². The normalized spacial score (nSPS) is 27.4. The maximum atomic E-state index is 13.7. The summed E-state index contributed by atoms with van der Waals surface area (Å²) in [5, 5.41) is 19.9. The second kappa shape index (κ2) is 10.8. The minimum absolute atomic E-state index is 0.0134. The van der Waals surface area contributed by atoms with Crippen LogP contribution in [0.1, 0.15) is 93.1 Å². The van der Waals surface area contributed by atoms with Gasteiger partial charge in [0, 0.05) is 25.3 Å². The molecule has 170 valence electrons. The summed E-state index contributed by atoms with van der Waals surface area (Å²) in [4.78, 5) is 27.5. The quantitative estimate of drug-likeness (QED) is 0.597. The Hall–Kier alpha value is -1.68. The Morgan fingerprint density at radius 3 is 2.35 bits per heavy atom. The highest BCUT2D eigenvalue weighted by molar-refractivity contribution is 7.15. The lowest BCUT2D eigenvalue weighted by Crippen LogP contribution is -3.15. The summed E-state index contributed by atoms with van der Waals surface area (Å²) in [6, 6.07) is 1.85. The zero-order valence-electron chi connectivity index (χ0n) is 18.9. The molecule has 2 saturated carbocycles. The number of carbonyl (C=O) groups is 2. The van der Waals surface area contributed by atoms with E-state index in [9.17, 15) is 19.8 Å². The van der Waals surface area contributed by atoms with Crippen LogP contribution in [-0.2, 0) is 4.79 Å². The van der Waals surface area contributed by atoms with Gasteiger partial charge in [-0.25, -0.2) is 14.5 Å². The van der Waals surface area contributed by atoms with Crippen molar-refractivity contribution in [3.05, 3.63) is 15.8 Å². The van der Waals surface area contributed by atoms with Crippen molar-refractivity contribution in [1.29, 1.82) is 0 Å². The van der Waals surface area contributed by atoms with Crippen LogP contribution >= 0.6 is 11.3 Å². The van der Waals surface area contributed by atoms with Gasteiger partial charge in [0.15, 0.2) is 10.6 Å². The van der Waals surface area contributed by atoms with Crippen molar-refractivity contribution in [2.75, 3.05) is 0 Å². The summed E-state index contributed by atoms with van der Waals surface area (Å²) >= 11 is 1.18. The number of nitrogens with one attached hydrogen (secondary N) is 1. The Labute approximate surface area is 189 Å². The van der Waals surface area contributed by atoms with E-state index in [1.54, 1.807) is 0 Å². The highest BCUT2D eigenvalue weighted by atomic mass is 32.1. The number of hydrogen-bond acceptors (Lipinski definition) is 4. The van der Waals surface area contributed by atoms with Crippen molar-refractivity contribution in [3.8, 4) is 11.8 Å². The Morgan fingerprint density at radius 1 is 1.13 bits per heavy atom. The Kier molecular flexibility index (Phi) is 8.32. The van der Waals surface area contributed by atoms with Crippen LogP contribution in [-0.4, -0.2) is 34.2 Å². The van der Waals surface area contributed by atoms with E-state index in [0.717, 1.165) is 44.9 Å². The molecular formula is C25H36NO4S+. The number of thiophene rings is 1. The summed E-state index contributed by atoms with van der Waals surface area (Å²) in [7, 11) is 0. The van der Waals surface area contributed by atoms with Crippen LogP contribution in [0.2, 0.25) is 0 Å². The summed E-state index contributed by atoms with van der Waals surface area (Å²) in [5.74, 6) is 6.49. The molecule has 1 atom stereocenters. The molecule has 0 saturated heterocycles. The van der Waals surface area contributed by atoms with Crippen molar-refractivity contribution >= 4 is 28.9 Å². The van der Waals surface area contributed by atoms with Gasteiger partial charge in [-0.1, -0.05) is 32.6 Å². The largest absolute Gasteiger partial charge is 0.477 e. The first-order valence-electron chi connectivity index (χ1n) is 11.7. The molecule has 6 heteroatoms. The SMILES string of the molecule is CC(C)CC#Cc1cc([NH+](C(=O)C2CCC(C)CC2)C2CCC(O)CC2)c(C(=O)O)s1. The molecule has 2 aliphatic carbocycles. The van der Waals surface area contributed by atoms with Crippen LogP contribution in [0, 0.1) is 29.6 Å². The van der Waals surface area contributed by atoms with E-state index in [1.807, 2.05) is 6.07 Å². The van der Waals surface area contributed by atoms with Gasteiger partial charge in [0.25, 0.3) is 0 Å². The first kappa shape index (κ1) is 24.0. The lowest BCUT2D eigenvalue weighted by molar-refractivity contribution is -0.784. The van der Waals surface area contributed by atoms with Crippen LogP contribution in [0.25, 0.3) is 0 Å². The van der Waals surface area contributed by atoms with Crippen LogP contribution in [0.15, 0.2) is 6.07 Å². The van der Waals surface area contributed by atoms with Gasteiger partial charge in [-0.05, 0) is 50.4 Å². The molecule has 0 aliphatic heterocycles. The average Bonchev–Trinajstić information content (AvgIpc) is 3.14. The van der Waals surface area contributed by atoms with E-state index < -0.39 is 5.97 Å². The molecule has 1 aromatic rings. The third-order valence-corrected chi connectivity index (χ3v) is 7.73. The number of aliphatic hydroxyl groups is 1. The number of hydrogen-bond donors (Lipinski definition) is 3. The number of aromatic carboxylic acids is 1. The molecule has 31 heavy (non-hydrogen) atoms. The van der Waals surface area contributed by atoms with Gasteiger partial charge in [0.05, 0.1) is 22.9 Å². The van der Waals surface area contributed by atoms with E-state index in [0.29, 0.717) is 40.1 Å². The molecule has 2 fully saturated rings. The Morgan fingerprint density at radius 2 is 1.77 bits per heavy atom. The maximum Gasteiger partial charge on any atom is 0.352 e. The number of carboxylic acids is 1. The second-order valence-corrected chi connectivity index (χ2v) is 10.9. The van der Waals surface area contributed by atoms with Crippen molar-refractivity contribution in [2.24, 2.45) is 17.8 Å². The van der Waals surface area contributed by atoms with E-state index in [-0.39, 0.29) is 28.8 Å². The standard InChI is InChI=1S/C25H35NO4S/c1-16(2)5-4-6-21-15-22(23(31-21)25(29)30)26(19-11-13-20(27)14-12-19)24(28)18-9-7-17(3)8-10-18/h15-20,27H,5,7-14H2,1-3H3,(H,29,30)/p+1. The fourth-order valence-electron chi connectivity index (χ4n) is 4.81. The summed E-state index contributed by atoms with van der Waals surface area (Å²) < 4.78 is 0. The zero-order chi connectivity index (χ0) is 22.5. The number of quaternary nitrogens is 1. The molecule has 0 spiro atoms. The molecule has 3 rings (SSSR count). The molecule has 1 aromatic heterocycles. The van der Waals surface area contributed by atoms with Gasteiger partial charge in [-0.15, -0.1) is 11.3 Å². The van der Waals surface area contributed by atoms with E-state index in [4.69, 9.17) is 0 Å². The summed E-state index contributed by atoms with van der Waals surface area (Å²) in [5.41, 5.74) is 0.580. The zero-order valence-corrected chi connectivity index (χ0v) is 19.8. The molecule has 0 bridgehead atoms. The van der Waals surface area contributed by atoms with Gasteiger partial charge >= 0.3 is 11.9 Å². The van der Waals surface area contributed by atoms with Crippen LogP contribution in [0.5, 0.6) is 0 Å². The highest BCUT2D eigenvalue weighted by Gasteiger charge is 2.42.